The number of rotatable bonds is 3. The van der Waals surface area contributed by atoms with Gasteiger partial charge in [-0.05, 0) is 37.5 Å². The summed E-state index contributed by atoms with van der Waals surface area (Å²) in [6, 6.07) is 1.30. The van der Waals surface area contributed by atoms with Gasteiger partial charge in [-0.15, -0.1) is 0 Å². The molecule has 2 saturated carbocycles. The van der Waals surface area contributed by atoms with Crippen LogP contribution in [-0.2, 0) is 0 Å². The lowest BCUT2D eigenvalue weighted by Crippen LogP contribution is -2.48. The van der Waals surface area contributed by atoms with Crippen LogP contribution in [0.2, 0.25) is 0 Å². The van der Waals surface area contributed by atoms with Gasteiger partial charge in [-0.2, -0.15) is 0 Å². The molecule has 0 spiro atoms. The summed E-state index contributed by atoms with van der Waals surface area (Å²) in [5.41, 5.74) is 0. The minimum absolute atomic E-state index is 0.374. The van der Waals surface area contributed by atoms with Crippen molar-refractivity contribution in [3.63, 3.8) is 0 Å². The summed E-state index contributed by atoms with van der Waals surface area (Å²) in [5.74, 6) is 1.35. The van der Waals surface area contributed by atoms with Crippen LogP contribution in [0.3, 0.4) is 0 Å². The van der Waals surface area contributed by atoms with Crippen LogP contribution < -0.4 is 5.32 Å². The Labute approximate surface area is 99.8 Å². The standard InChI is InChI=1S/C14H27NO/c1-11-6-2-4-8-13(11)15-14-9-5-3-7-12(14)10-16/h11-16H,2-10H2,1H3. The second-order valence-corrected chi connectivity index (χ2v) is 5.87. The third-order valence-corrected chi connectivity index (χ3v) is 4.68. The predicted molar refractivity (Wildman–Crippen MR) is 67.4 cm³/mol. The SMILES string of the molecule is CC1CCCCC1NC1CCCCC1CO. The molecular formula is C14H27NO. The van der Waals surface area contributed by atoms with Crippen LogP contribution >= 0.6 is 0 Å². The molecule has 0 saturated heterocycles. The highest BCUT2D eigenvalue weighted by atomic mass is 16.3. The molecule has 0 radical (unpaired) electrons. The van der Waals surface area contributed by atoms with Gasteiger partial charge in [-0.25, -0.2) is 0 Å². The molecule has 0 bridgehead atoms. The van der Waals surface area contributed by atoms with E-state index in [4.69, 9.17) is 0 Å². The Hall–Kier alpha value is -0.0800. The topological polar surface area (TPSA) is 32.3 Å². The fourth-order valence-corrected chi connectivity index (χ4v) is 3.48. The van der Waals surface area contributed by atoms with Crippen molar-refractivity contribution >= 4 is 0 Å². The first kappa shape index (κ1) is 12.4. The summed E-state index contributed by atoms with van der Waals surface area (Å²) in [4.78, 5) is 0. The zero-order chi connectivity index (χ0) is 11.4. The van der Waals surface area contributed by atoms with Crippen molar-refractivity contribution in [2.24, 2.45) is 11.8 Å². The highest BCUT2D eigenvalue weighted by molar-refractivity contribution is 4.86. The van der Waals surface area contributed by atoms with E-state index in [1.54, 1.807) is 0 Å². The van der Waals surface area contributed by atoms with Gasteiger partial charge in [0.25, 0.3) is 0 Å². The van der Waals surface area contributed by atoms with Crippen LogP contribution in [0.1, 0.15) is 58.3 Å². The molecule has 0 heterocycles. The smallest absolute Gasteiger partial charge is 0.0474 e. The van der Waals surface area contributed by atoms with E-state index >= 15 is 0 Å². The van der Waals surface area contributed by atoms with Crippen molar-refractivity contribution in [2.45, 2.75) is 70.4 Å². The first-order chi connectivity index (χ1) is 7.81. The summed E-state index contributed by atoms with van der Waals surface area (Å²) in [6.07, 6.45) is 10.7. The molecule has 2 fully saturated rings. The Morgan fingerprint density at radius 1 is 0.938 bits per heavy atom. The number of aliphatic hydroxyl groups is 1. The maximum absolute atomic E-state index is 9.42. The number of hydrogen-bond acceptors (Lipinski definition) is 2. The monoisotopic (exact) mass is 225 g/mol. The number of aliphatic hydroxyl groups excluding tert-OH is 1. The Kier molecular flexibility index (Phi) is 4.66. The Balaban J connectivity index is 1.86. The summed E-state index contributed by atoms with van der Waals surface area (Å²) in [5, 5.41) is 13.3. The Morgan fingerprint density at radius 2 is 1.56 bits per heavy atom. The summed E-state index contributed by atoms with van der Waals surface area (Å²) in [6.45, 7) is 2.76. The van der Waals surface area contributed by atoms with Gasteiger partial charge in [0, 0.05) is 18.7 Å². The molecule has 4 unspecified atom stereocenters. The van der Waals surface area contributed by atoms with Crippen LogP contribution in [0.15, 0.2) is 0 Å². The minimum Gasteiger partial charge on any atom is -0.396 e. The van der Waals surface area contributed by atoms with E-state index in [0.717, 1.165) is 5.92 Å². The van der Waals surface area contributed by atoms with Crippen LogP contribution in [0.25, 0.3) is 0 Å². The molecular weight excluding hydrogens is 198 g/mol. The molecule has 16 heavy (non-hydrogen) atoms. The van der Waals surface area contributed by atoms with Crippen molar-refractivity contribution in [1.82, 2.24) is 5.32 Å². The highest BCUT2D eigenvalue weighted by Crippen LogP contribution is 2.29. The molecule has 0 amide bonds. The van der Waals surface area contributed by atoms with E-state index in [1.807, 2.05) is 0 Å². The second-order valence-electron chi connectivity index (χ2n) is 5.87. The first-order valence-electron chi connectivity index (χ1n) is 7.18. The van der Waals surface area contributed by atoms with Crippen LogP contribution in [0.4, 0.5) is 0 Å². The molecule has 0 aromatic rings. The highest BCUT2D eigenvalue weighted by Gasteiger charge is 2.29. The van der Waals surface area contributed by atoms with Gasteiger partial charge in [-0.3, -0.25) is 0 Å². The van der Waals surface area contributed by atoms with E-state index in [-0.39, 0.29) is 0 Å². The molecule has 4 atom stereocenters. The normalized spacial score (nSPS) is 40.9. The van der Waals surface area contributed by atoms with Crippen LogP contribution in [-0.4, -0.2) is 23.8 Å². The fraction of sp³-hybridized carbons (Fsp3) is 1.00. The Bertz CT molecular complexity index is 207. The van der Waals surface area contributed by atoms with Gasteiger partial charge < -0.3 is 10.4 Å². The average Bonchev–Trinajstić information content (AvgIpc) is 2.33. The van der Waals surface area contributed by atoms with Gasteiger partial charge in [0.05, 0.1) is 0 Å². The third kappa shape index (κ3) is 2.98. The van der Waals surface area contributed by atoms with E-state index in [2.05, 4.69) is 12.2 Å². The van der Waals surface area contributed by atoms with E-state index in [0.29, 0.717) is 24.6 Å². The van der Waals surface area contributed by atoms with Crippen LogP contribution in [0.5, 0.6) is 0 Å². The first-order valence-corrected chi connectivity index (χ1v) is 7.18. The molecule has 2 nitrogen and oxygen atoms in total. The van der Waals surface area contributed by atoms with E-state index in [1.165, 1.54) is 51.4 Å². The summed E-state index contributed by atoms with van der Waals surface area (Å²) in [7, 11) is 0. The van der Waals surface area contributed by atoms with Gasteiger partial charge in [0.15, 0.2) is 0 Å². The number of nitrogens with one attached hydrogen (secondary N) is 1. The average molecular weight is 225 g/mol. The van der Waals surface area contributed by atoms with E-state index in [9.17, 15) is 5.11 Å². The predicted octanol–water partition coefficient (Wildman–Crippen LogP) is 2.71. The molecule has 2 aliphatic rings. The summed E-state index contributed by atoms with van der Waals surface area (Å²) < 4.78 is 0. The molecule has 2 rings (SSSR count). The fourth-order valence-electron chi connectivity index (χ4n) is 3.48. The third-order valence-electron chi connectivity index (χ3n) is 4.68. The Morgan fingerprint density at radius 3 is 2.25 bits per heavy atom. The van der Waals surface area contributed by atoms with Crippen molar-refractivity contribution in [1.29, 1.82) is 0 Å². The lowest BCUT2D eigenvalue weighted by atomic mass is 9.81. The molecule has 0 aromatic heterocycles. The van der Waals surface area contributed by atoms with Crippen molar-refractivity contribution in [3.05, 3.63) is 0 Å². The molecule has 2 heteroatoms. The van der Waals surface area contributed by atoms with E-state index < -0.39 is 0 Å². The zero-order valence-corrected chi connectivity index (χ0v) is 10.6. The maximum atomic E-state index is 9.42. The molecule has 2 aliphatic carbocycles. The molecule has 94 valence electrons. The second kappa shape index (κ2) is 6.02. The maximum Gasteiger partial charge on any atom is 0.0474 e. The van der Waals surface area contributed by atoms with Crippen LogP contribution in [0, 0.1) is 11.8 Å². The zero-order valence-electron chi connectivity index (χ0n) is 10.6. The summed E-state index contributed by atoms with van der Waals surface area (Å²) >= 11 is 0. The lowest BCUT2D eigenvalue weighted by molar-refractivity contribution is 0.131. The molecule has 2 N–H and O–H groups in total. The van der Waals surface area contributed by atoms with Crippen molar-refractivity contribution < 1.29 is 5.11 Å². The van der Waals surface area contributed by atoms with Gasteiger partial charge in [0.1, 0.15) is 0 Å². The quantitative estimate of drug-likeness (QED) is 0.774. The largest absolute Gasteiger partial charge is 0.396 e. The van der Waals surface area contributed by atoms with Gasteiger partial charge in [-0.1, -0.05) is 32.6 Å². The van der Waals surface area contributed by atoms with Crippen molar-refractivity contribution in [2.75, 3.05) is 6.61 Å². The van der Waals surface area contributed by atoms with Gasteiger partial charge >= 0.3 is 0 Å². The lowest BCUT2D eigenvalue weighted by Gasteiger charge is -2.38. The minimum atomic E-state index is 0.374. The molecule has 0 aromatic carbocycles. The van der Waals surface area contributed by atoms with Crippen molar-refractivity contribution in [3.8, 4) is 0 Å². The number of hydrogen-bond donors (Lipinski definition) is 2. The molecule has 0 aliphatic heterocycles. The van der Waals surface area contributed by atoms with Gasteiger partial charge in [0.2, 0.25) is 0 Å².